The quantitative estimate of drug-likeness (QED) is 0.234. The minimum absolute atomic E-state index is 0.696. The molecule has 8 aromatic rings. The van der Waals surface area contributed by atoms with Gasteiger partial charge in [-0.25, -0.2) is 9.97 Å². The fourth-order valence-corrected chi connectivity index (χ4v) is 6.90. The van der Waals surface area contributed by atoms with Crippen LogP contribution in [0.2, 0.25) is 0 Å². The van der Waals surface area contributed by atoms with Crippen molar-refractivity contribution >= 4 is 64.2 Å². The molecule has 38 heavy (non-hydrogen) atoms. The molecule has 0 aliphatic heterocycles. The van der Waals surface area contributed by atoms with Crippen LogP contribution in [0.5, 0.6) is 0 Å². The summed E-state index contributed by atoms with van der Waals surface area (Å²) in [6.45, 7) is 4.34. The number of hydrogen-bond donors (Lipinski definition) is 0. The molecule has 3 nitrogen and oxygen atoms in total. The fourth-order valence-electron chi connectivity index (χ4n) is 5.80. The Morgan fingerprint density at radius 1 is 0.579 bits per heavy atom. The van der Waals surface area contributed by atoms with Gasteiger partial charge in [0.2, 0.25) is 5.95 Å². The number of aryl methyl sites for hydroxylation is 2. The number of para-hydroxylation sites is 1. The van der Waals surface area contributed by atoms with Gasteiger partial charge in [-0.05, 0) is 56.3 Å². The molecule has 3 heterocycles. The van der Waals surface area contributed by atoms with E-state index in [-0.39, 0.29) is 0 Å². The average molecular weight is 506 g/mol. The predicted octanol–water partition coefficient (Wildman–Crippen LogP) is 9.38. The van der Waals surface area contributed by atoms with Gasteiger partial charge >= 0.3 is 0 Å². The fraction of sp³-hybridized carbons (Fsp3) is 0.0588. The predicted molar refractivity (Wildman–Crippen MR) is 162 cm³/mol. The third kappa shape index (κ3) is 3.07. The molecular weight excluding hydrogens is 482 g/mol. The highest BCUT2D eigenvalue weighted by Crippen LogP contribution is 2.43. The lowest BCUT2D eigenvalue weighted by atomic mass is 10.0. The SMILES string of the molecule is Cc1ccc2sc3ccc4c(c5cc(C)ccc5n4-c4nc(-c5ccccc5)c5ccccc5n4)c3c2c1. The van der Waals surface area contributed by atoms with E-state index in [0.717, 1.165) is 33.2 Å². The average Bonchev–Trinajstić information content (AvgIpc) is 3.47. The summed E-state index contributed by atoms with van der Waals surface area (Å²) >= 11 is 1.86. The molecule has 0 amide bonds. The van der Waals surface area contributed by atoms with Crippen molar-refractivity contribution in [2.24, 2.45) is 0 Å². The first-order valence-corrected chi connectivity index (χ1v) is 13.7. The van der Waals surface area contributed by atoms with Crippen LogP contribution in [0.4, 0.5) is 0 Å². The third-order valence-corrected chi connectivity index (χ3v) is 8.65. The van der Waals surface area contributed by atoms with E-state index >= 15 is 0 Å². The molecule has 0 fully saturated rings. The lowest BCUT2D eigenvalue weighted by molar-refractivity contribution is 1.01. The third-order valence-electron chi connectivity index (χ3n) is 7.51. The van der Waals surface area contributed by atoms with Crippen molar-refractivity contribution in [1.29, 1.82) is 0 Å². The van der Waals surface area contributed by atoms with Gasteiger partial charge in [-0.3, -0.25) is 4.57 Å². The molecule has 0 saturated carbocycles. The maximum absolute atomic E-state index is 5.23. The highest BCUT2D eigenvalue weighted by atomic mass is 32.1. The van der Waals surface area contributed by atoms with E-state index in [0.29, 0.717) is 5.95 Å². The van der Waals surface area contributed by atoms with Gasteiger partial charge in [0.1, 0.15) is 0 Å². The van der Waals surface area contributed by atoms with E-state index in [9.17, 15) is 0 Å². The van der Waals surface area contributed by atoms with Crippen molar-refractivity contribution in [3.8, 4) is 17.2 Å². The summed E-state index contributed by atoms with van der Waals surface area (Å²) in [4.78, 5) is 10.4. The molecule has 0 spiro atoms. The summed E-state index contributed by atoms with van der Waals surface area (Å²) in [6, 6.07) is 36.7. The van der Waals surface area contributed by atoms with Crippen LogP contribution in [0, 0.1) is 13.8 Å². The monoisotopic (exact) mass is 505 g/mol. The van der Waals surface area contributed by atoms with Gasteiger partial charge in [-0.1, -0.05) is 71.8 Å². The van der Waals surface area contributed by atoms with Crippen LogP contribution in [0.25, 0.3) is 70.1 Å². The molecule has 0 aliphatic carbocycles. The van der Waals surface area contributed by atoms with Crippen molar-refractivity contribution in [1.82, 2.24) is 14.5 Å². The molecule has 0 N–H and O–H groups in total. The number of rotatable bonds is 2. The van der Waals surface area contributed by atoms with Crippen LogP contribution >= 0.6 is 11.3 Å². The van der Waals surface area contributed by atoms with Gasteiger partial charge in [0.15, 0.2) is 0 Å². The van der Waals surface area contributed by atoms with Crippen molar-refractivity contribution in [3.05, 3.63) is 114 Å². The molecule has 0 saturated heterocycles. The topological polar surface area (TPSA) is 30.7 Å². The molecule has 0 aliphatic rings. The first kappa shape index (κ1) is 21.5. The number of fused-ring (bicyclic) bond motifs is 8. The Labute approximate surface area is 223 Å². The van der Waals surface area contributed by atoms with Crippen molar-refractivity contribution in [3.63, 3.8) is 0 Å². The first-order valence-electron chi connectivity index (χ1n) is 12.8. The van der Waals surface area contributed by atoms with Crippen LogP contribution in [-0.2, 0) is 0 Å². The van der Waals surface area contributed by atoms with Crippen molar-refractivity contribution in [2.45, 2.75) is 13.8 Å². The van der Waals surface area contributed by atoms with E-state index in [1.807, 2.05) is 23.5 Å². The van der Waals surface area contributed by atoms with E-state index in [4.69, 9.17) is 9.97 Å². The zero-order chi connectivity index (χ0) is 25.4. The molecule has 4 heteroatoms. The molecule has 0 radical (unpaired) electrons. The maximum atomic E-state index is 5.23. The van der Waals surface area contributed by atoms with Crippen LogP contribution in [0.3, 0.4) is 0 Å². The number of nitrogens with zero attached hydrogens (tertiary/aromatic N) is 3. The molecule has 5 aromatic carbocycles. The molecule has 0 bridgehead atoms. The van der Waals surface area contributed by atoms with Crippen LogP contribution < -0.4 is 0 Å². The van der Waals surface area contributed by atoms with Gasteiger partial charge in [0.05, 0.1) is 22.2 Å². The Morgan fingerprint density at radius 2 is 1.29 bits per heavy atom. The Morgan fingerprint density at radius 3 is 2.16 bits per heavy atom. The van der Waals surface area contributed by atoms with Gasteiger partial charge in [-0.2, -0.15) is 0 Å². The number of aromatic nitrogens is 3. The molecule has 8 rings (SSSR count). The van der Waals surface area contributed by atoms with Crippen molar-refractivity contribution < 1.29 is 0 Å². The first-order chi connectivity index (χ1) is 18.7. The van der Waals surface area contributed by atoms with Gasteiger partial charge in [-0.15, -0.1) is 11.3 Å². The van der Waals surface area contributed by atoms with E-state index in [1.54, 1.807) is 0 Å². The highest BCUT2D eigenvalue weighted by molar-refractivity contribution is 7.26. The molecular formula is C34H23N3S. The highest BCUT2D eigenvalue weighted by Gasteiger charge is 2.20. The largest absolute Gasteiger partial charge is 0.278 e. The second-order valence-electron chi connectivity index (χ2n) is 10.0. The Balaban J connectivity index is 1.55. The maximum Gasteiger partial charge on any atom is 0.235 e. The Bertz CT molecular complexity index is 2200. The molecule has 3 aromatic heterocycles. The summed E-state index contributed by atoms with van der Waals surface area (Å²) in [6.07, 6.45) is 0. The normalized spacial score (nSPS) is 11.9. The molecule has 0 unspecified atom stereocenters. The minimum atomic E-state index is 0.696. The smallest absolute Gasteiger partial charge is 0.235 e. The van der Waals surface area contributed by atoms with Crippen LogP contribution in [0.1, 0.15) is 11.1 Å². The van der Waals surface area contributed by atoms with Gasteiger partial charge in [0.25, 0.3) is 0 Å². The van der Waals surface area contributed by atoms with Crippen molar-refractivity contribution in [2.75, 3.05) is 0 Å². The van der Waals surface area contributed by atoms with E-state index < -0.39 is 0 Å². The summed E-state index contributed by atoms with van der Waals surface area (Å²) in [5, 5.41) is 6.21. The number of benzene rings is 5. The van der Waals surface area contributed by atoms with E-state index in [2.05, 4.69) is 109 Å². The molecule has 180 valence electrons. The van der Waals surface area contributed by atoms with Gasteiger partial charge < -0.3 is 0 Å². The standard InChI is InChI=1S/C34H23N3S/c1-20-12-14-27-24(18-20)31-28(15-17-30-32(31)25-19-21(2)13-16-29(25)38-30)37(27)34-35-26-11-7-6-10-23(26)33(36-34)22-8-4-3-5-9-22/h3-19H,1-2H3. The lowest BCUT2D eigenvalue weighted by Gasteiger charge is -2.11. The Hall–Kier alpha value is -4.54. The number of hydrogen-bond acceptors (Lipinski definition) is 3. The summed E-state index contributed by atoms with van der Waals surface area (Å²) in [7, 11) is 0. The van der Waals surface area contributed by atoms with E-state index in [1.165, 1.54) is 42.1 Å². The zero-order valence-electron chi connectivity index (χ0n) is 21.1. The zero-order valence-corrected chi connectivity index (χ0v) is 21.9. The summed E-state index contributed by atoms with van der Waals surface area (Å²) < 4.78 is 4.88. The van der Waals surface area contributed by atoms with Crippen LogP contribution in [0.15, 0.2) is 103 Å². The summed E-state index contributed by atoms with van der Waals surface area (Å²) in [5.41, 5.74) is 7.76. The summed E-state index contributed by atoms with van der Waals surface area (Å²) in [5.74, 6) is 0.696. The van der Waals surface area contributed by atoms with Crippen LogP contribution in [-0.4, -0.2) is 14.5 Å². The van der Waals surface area contributed by atoms with Gasteiger partial charge in [0, 0.05) is 41.9 Å². The molecule has 0 atom stereocenters. The minimum Gasteiger partial charge on any atom is -0.278 e. The second-order valence-corrected chi connectivity index (χ2v) is 11.1. The second kappa shape index (κ2) is 7.98. The number of thiophene rings is 1. The lowest BCUT2D eigenvalue weighted by Crippen LogP contribution is -2.03. The Kier molecular flexibility index (Phi) is 4.52.